The summed E-state index contributed by atoms with van der Waals surface area (Å²) in [5, 5.41) is 0.631. The van der Waals surface area contributed by atoms with Crippen LogP contribution in [0.5, 0.6) is 0 Å². The van der Waals surface area contributed by atoms with Crippen molar-refractivity contribution >= 4 is 27.7 Å². The van der Waals surface area contributed by atoms with Crippen LogP contribution in [0.4, 0.5) is 0 Å². The Hall–Kier alpha value is -0.380. The van der Waals surface area contributed by atoms with Crippen molar-refractivity contribution < 1.29 is 9.59 Å². The van der Waals surface area contributed by atoms with Crippen LogP contribution in [0.2, 0.25) is 0 Å². The quantitative estimate of drug-likeness (QED) is 0.711. The molecule has 0 radical (unpaired) electrons. The SMILES string of the molecule is CCC1CC(=O)N(C(=O)CCBr)C1. The third-order valence-electron chi connectivity index (χ3n) is 2.39. The van der Waals surface area contributed by atoms with Crippen LogP contribution < -0.4 is 0 Å². The lowest BCUT2D eigenvalue weighted by Crippen LogP contribution is -2.32. The molecule has 0 aromatic carbocycles. The van der Waals surface area contributed by atoms with Gasteiger partial charge in [-0.3, -0.25) is 14.5 Å². The number of amides is 2. The molecular formula is C9H14BrNO2. The molecule has 0 saturated carbocycles. The first-order valence-corrected chi connectivity index (χ1v) is 5.70. The van der Waals surface area contributed by atoms with Gasteiger partial charge in [0.15, 0.2) is 0 Å². The predicted octanol–water partition coefficient (Wildman–Crippen LogP) is 1.56. The van der Waals surface area contributed by atoms with Crippen molar-refractivity contribution in [1.82, 2.24) is 4.90 Å². The van der Waals surface area contributed by atoms with Crippen molar-refractivity contribution in [3.63, 3.8) is 0 Å². The third-order valence-corrected chi connectivity index (χ3v) is 2.79. The molecule has 1 aliphatic rings. The van der Waals surface area contributed by atoms with Crippen LogP contribution in [-0.4, -0.2) is 28.6 Å². The smallest absolute Gasteiger partial charge is 0.230 e. The average molecular weight is 248 g/mol. The lowest BCUT2D eigenvalue weighted by Gasteiger charge is -2.13. The summed E-state index contributed by atoms with van der Waals surface area (Å²) in [6.07, 6.45) is 1.94. The van der Waals surface area contributed by atoms with E-state index in [-0.39, 0.29) is 11.8 Å². The minimum absolute atomic E-state index is 0.00204. The molecule has 1 aliphatic heterocycles. The lowest BCUT2D eigenvalue weighted by atomic mass is 10.1. The summed E-state index contributed by atoms with van der Waals surface area (Å²) < 4.78 is 0. The summed E-state index contributed by atoms with van der Waals surface area (Å²) >= 11 is 3.19. The van der Waals surface area contributed by atoms with Gasteiger partial charge < -0.3 is 0 Å². The molecule has 1 unspecified atom stereocenters. The summed E-state index contributed by atoms with van der Waals surface area (Å²) in [6.45, 7) is 2.68. The van der Waals surface area contributed by atoms with E-state index in [1.54, 1.807) is 0 Å². The first-order valence-electron chi connectivity index (χ1n) is 4.58. The van der Waals surface area contributed by atoms with E-state index in [0.717, 1.165) is 6.42 Å². The van der Waals surface area contributed by atoms with Crippen molar-refractivity contribution in [2.45, 2.75) is 26.2 Å². The molecule has 0 spiro atoms. The Kier molecular flexibility index (Phi) is 3.90. The highest BCUT2D eigenvalue weighted by molar-refractivity contribution is 9.09. The Bertz CT molecular complexity index is 218. The predicted molar refractivity (Wildman–Crippen MR) is 53.5 cm³/mol. The molecule has 1 saturated heterocycles. The summed E-state index contributed by atoms with van der Waals surface area (Å²) in [5.74, 6) is 0.336. The van der Waals surface area contributed by atoms with Crippen LogP contribution >= 0.6 is 15.9 Å². The summed E-state index contributed by atoms with van der Waals surface area (Å²) in [5.41, 5.74) is 0. The fourth-order valence-electron chi connectivity index (χ4n) is 1.51. The van der Waals surface area contributed by atoms with E-state index in [2.05, 4.69) is 22.9 Å². The topological polar surface area (TPSA) is 37.4 Å². The number of carbonyl (C=O) groups is 2. The number of carbonyl (C=O) groups excluding carboxylic acids is 2. The van der Waals surface area contributed by atoms with Gasteiger partial charge in [0.25, 0.3) is 0 Å². The first kappa shape index (κ1) is 10.7. The molecule has 0 bridgehead atoms. The zero-order chi connectivity index (χ0) is 9.84. The molecule has 0 aromatic rings. The fourth-order valence-corrected chi connectivity index (χ4v) is 1.85. The summed E-state index contributed by atoms with van der Waals surface area (Å²) in [4.78, 5) is 24.1. The monoisotopic (exact) mass is 247 g/mol. The van der Waals surface area contributed by atoms with E-state index in [1.807, 2.05) is 0 Å². The number of imide groups is 1. The number of hydrogen-bond acceptors (Lipinski definition) is 2. The molecule has 0 aliphatic carbocycles. The number of nitrogens with zero attached hydrogens (tertiary/aromatic N) is 1. The molecule has 1 fully saturated rings. The number of halogens is 1. The normalized spacial score (nSPS) is 22.5. The van der Waals surface area contributed by atoms with Gasteiger partial charge >= 0.3 is 0 Å². The molecule has 3 nitrogen and oxygen atoms in total. The van der Waals surface area contributed by atoms with Gasteiger partial charge in [0, 0.05) is 24.7 Å². The molecule has 13 heavy (non-hydrogen) atoms. The van der Waals surface area contributed by atoms with Crippen LogP contribution in [0.1, 0.15) is 26.2 Å². The zero-order valence-corrected chi connectivity index (χ0v) is 9.34. The largest absolute Gasteiger partial charge is 0.282 e. The van der Waals surface area contributed by atoms with E-state index >= 15 is 0 Å². The van der Waals surface area contributed by atoms with E-state index in [4.69, 9.17) is 0 Å². The molecule has 1 atom stereocenters. The Balaban J connectivity index is 2.52. The fraction of sp³-hybridized carbons (Fsp3) is 0.778. The molecule has 2 amide bonds. The minimum Gasteiger partial charge on any atom is -0.282 e. The number of likely N-dealkylation sites (tertiary alicyclic amines) is 1. The highest BCUT2D eigenvalue weighted by Crippen LogP contribution is 2.21. The molecular weight excluding hydrogens is 234 g/mol. The third kappa shape index (κ3) is 2.53. The maximum atomic E-state index is 11.4. The Morgan fingerprint density at radius 2 is 2.38 bits per heavy atom. The van der Waals surface area contributed by atoms with Crippen molar-refractivity contribution in [3.8, 4) is 0 Å². The molecule has 74 valence electrons. The highest BCUT2D eigenvalue weighted by atomic mass is 79.9. The number of rotatable bonds is 3. The van der Waals surface area contributed by atoms with Crippen molar-refractivity contribution in [1.29, 1.82) is 0 Å². The standard InChI is InChI=1S/C9H14BrNO2/c1-2-7-5-9(13)11(6-7)8(12)3-4-10/h7H,2-6H2,1H3. The van der Waals surface area contributed by atoms with Gasteiger partial charge in [-0.1, -0.05) is 29.3 Å². The van der Waals surface area contributed by atoms with Crippen molar-refractivity contribution in [2.24, 2.45) is 5.92 Å². The second-order valence-corrected chi connectivity index (χ2v) is 4.11. The van der Waals surface area contributed by atoms with Crippen LogP contribution in [0.25, 0.3) is 0 Å². The van der Waals surface area contributed by atoms with E-state index in [1.165, 1.54) is 4.90 Å². The molecule has 0 N–H and O–H groups in total. The maximum absolute atomic E-state index is 11.4. The van der Waals surface area contributed by atoms with Gasteiger partial charge in [-0.25, -0.2) is 0 Å². The van der Waals surface area contributed by atoms with E-state index < -0.39 is 0 Å². The van der Waals surface area contributed by atoms with Crippen LogP contribution in [-0.2, 0) is 9.59 Å². The van der Waals surface area contributed by atoms with Gasteiger partial charge in [0.1, 0.15) is 0 Å². The Morgan fingerprint density at radius 1 is 1.69 bits per heavy atom. The van der Waals surface area contributed by atoms with E-state index in [9.17, 15) is 9.59 Å². The van der Waals surface area contributed by atoms with Gasteiger partial charge in [-0.05, 0) is 5.92 Å². The van der Waals surface area contributed by atoms with Crippen molar-refractivity contribution in [3.05, 3.63) is 0 Å². The van der Waals surface area contributed by atoms with Gasteiger partial charge in [0.2, 0.25) is 11.8 Å². The molecule has 4 heteroatoms. The molecule has 1 rings (SSSR count). The van der Waals surface area contributed by atoms with Gasteiger partial charge in [-0.15, -0.1) is 0 Å². The minimum atomic E-state index is -0.0437. The molecule has 0 aromatic heterocycles. The second-order valence-electron chi connectivity index (χ2n) is 3.32. The average Bonchev–Trinajstić information content (AvgIpc) is 2.47. The van der Waals surface area contributed by atoms with E-state index in [0.29, 0.717) is 30.6 Å². The van der Waals surface area contributed by atoms with Crippen LogP contribution in [0.15, 0.2) is 0 Å². The number of alkyl halides is 1. The highest BCUT2D eigenvalue weighted by Gasteiger charge is 2.31. The zero-order valence-electron chi connectivity index (χ0n) is 7.75. The maximum Gasteiger partial charge on any atom is 0.230 e. The summed E-state index contributed by atoms with van der Waals surface area (Å²) in [6, 6.07) is 0. The number of hydrogen-bond donors (Lipinski definition) is 0. The van der Waals surface area contributed by atoms with Crippen LogP contribution in [0.3, 0.4) is 0 Å². The molecule has 1 heterocycles. The van der Waals surface area contributed by atoms with Crippen LogP contribution in [0, 0.1) is 5.92 Å². The lowest BCUT2D eigenvalue weighted by molar-refractivity contribution is -0.141. The first-order chi connectivity index (χ1) is 6.19. The van der Waals surface area contributed by atoms with Gasteiger partial charge in [-0.2, -0.15) is 0 Å². The van der Waals surface area contributed by atoms with Gasteiger partial charge in [0.05, 0.1) is 0 Å². The Morgan fingerprint density at radius 3 is 2.85 bits per heavy atom. The Labute approximate surface area is 86.6 Å². The second kappa shape index (κ2) is 4.74. The summed E-state index contributed by atoms with van der Waals surface area (Å²) in [7, 11) is 0. The van der Waals surface area contributed by atoms with Crippen molar-refractivity contribution in [2.75, 3.05) is 11.9 Å².